The van der Waals surface area contributed by atoms with Crippen LogP contribution < -0.4 is 0 Å². The SMILES string of the molecule is CC[C@@H](C)CCC(c1nc2cc(-c3c(C)noc3C)ccc2n1C1CCC(O)CC1)[C@H](C)CC. The molecule has 0 bridgehead atoms. The van der Waals surface area contributed by atoms with E-state index in [1.165, 1.54) is 30.6 Å². The molecule has 5 heteroatoms. The maximum absolute atomic E-state index is 10.2. The molecule has 0 aliphatic heterocycles. The number of aliphatic hydroxyl groups is 1. The average Bonchev–Trinajstić information content (AvgIpc) is 3.38. The molecular formula is C29H43N3O2. The van der Waals surface area contributed by atoms with E-state index in [1.54, 1.807) is 0 Å². The highest BCUT2D eigenvalue weighted by Gasteiger charge is 2.30. The number of rotatable bonds is 9. The molecule has 3 atom stereocenters. The number of aryl methyl sites for hydroxylation is 2. The minimum Gasteiger partial charge on any atom is -0.393 e. The second-order valence-corrected chi connectivity index (χ2v) is 10.8. The zero-order valence-corrected chi connectivity index (χ0v) is 22.0. The summed E-state index contributed by atoms with van der Waals surface area (Å²) in [6.07, 6.45) is 8.43. The lowest BCUT2D eigenvalue weighted by atomic mass is 9.84. The molecule has 4 rings (SSSR count). The minimum absolute atomic E-state index is 0.156. The topological polar surface area (TPSA) is 64.1 Å². The van der Waals surface area contributed by atoms with Crippen LogP contribution in [0.1, 0.15) is 108 Å². The van der Waals surface area contributed by atoms with E-state index in [1.807, 2.05) is 13.8 Å². The van der Waals surface area contributed by atoms with Gasteiger partial charge in [-0.1, -0.05) is 58.2 Å². The van der Waals surface area contributed by atoms with Crippen LogP contribution in [-0.4, -0.2) is 25.9 Å². The van der Waals surface area contributed by atoms with Crippen molar-refractivity contribution in [1.29, 1.82) is 0 Å². The molecule has 3 aromatic rings. The van der Waals surface area contributed by atoms with Crippen LogP contribution >= 0.6 is 0 Å². The highest BCUT2D eigenvalue weighted by Crippen LogP contribution is 2.40. The first kappa shape index (κ1) is 25.0. The Morgan fingerprint density at radius 2 is 1.79 bits per heavy atom. The van der Waals surface area contributed by atoms with Crippen LogP contribution in [-0.2, 0) is 0 Å². The largest absolute Gasteiger partial charge is 0.393 e. The number of nitrogens with zero attached hydrogens (tertiary/aromatic N) is 3. The Hall–Kier alpha value is -2.14. The van der Waals surface area contributed by atoms with Crippen LogP contribution in [0.5, 0.6) is 0 Å². The third kappa shape index (κ3) is 4.95. The molecule has 1 unspecified atom stereocenters. The zero-order valence-electron chi connectivity index (χ0n) is 22.0. The molecule has 1 N–H and O–H groups in total. The molecule has 2 aromatic heterocycles. The van der Waals surface area contributed by atoms with E-state index in [-0.39, 0.29) is 6.10 Å². The minimum atomic E-state index is -0.156. The van der Waals surface area contributed by atoms with Gasteiger partial charge in [-0.15, -0.1) is 0 Å². The molecule has 0 amide bonds. The first-order valence-corrected chi connectivity index (χ1v) is 13.5. The summed E-state index contributed by atoms with van der Waals surface area (Å²) in [7, 11) is 0. The Balaban J connectivity index is 1.82. The van der Waals surface area contributed by atoms with Crippen molar-refractivity contribution in [2.45, 2.75) is 111 Å². The van der Waals surface area contributed by atoms with E-state index in [9.17, 15) is 5.11 Å². The number of hydrogen-bond acceptors (Lipinski definition) is 4. The van der Waals surface area contributed by atoms with Crippen LogP contribution in [0, 0.1) is 25.7 Å². The molecule has 1 aliphatic carbocycles. The van der Waals surface area contributed by atoms with Gasteiger partial charge in [0.25, 0.3) is 0 Å². The van der Waals surface area contributed by atoms with Crippen LogP contribution in [0.4, 0.5) is 0 Å². The second-order valence-electron chi connectivity index (χ2n) is 10.8. The quantitative estimate of drug-likeness (QED) is 0.351. The average molecular weight is 466 g/mol. The predicted molar refractivity (Wildman–Crippen MR) is 139 cm³/mol. The van der Waals surface area contributed by atoms with E-state index >= 15 is 0 Å². The number of benzene rings is 1. The van der Waals surface area contributed by atoms with Gasteiger partial charge in [0.15, 0.2) is 0 Å². The van der Waals surface area contributed by atoms with Gasteiger partial charge in [-0.3, -0.25) is 0 Å². The standard InChI is InChI=1S/C29H43N3O2/c1-7-18(3)9-15-25(19(4)8-2)29-30-26-17-22(28-20(5)31-34-21(28)6)10-16-27(26)32(29)23-11-13-24(33)14-12-23/h10,16-19,23-25,33H,7-9,11-15H2,1-6H3/t18-,19-,23?,24?,25?/m1/s1. The van der Waals surface area contributed by atoms with Gasteiger partial charge in [-0.05, 0) is 75.5 Å². The Labute approximate surface area is 204 Å². The van der Waals surface area contributed by atoms with Gasteiger partial charge in [-0.2, -0.15) is 0 Å². The van der Waals surface area contributed by atoms with Gasteiger partial charge in [0.1, 0.15) is 11.6 Å². The molecule has 186 valence electrons. The summed E-state index contributed by atoms with van der Waals surface area (Å²) in [5, 5.41) is 14.3. The molecule has 1 saturated carbocycles. The van der Waals surface area contributed by atoms with Crippen molar-refractivity contribution >= 4 is 11.0 Å². The Morgan fingerprint density at radius 3 is 2.41 bits per heavy atom. The molecule has 34 heavy (non-hydrogen) atoms. The van der Waals surface area contributed by atoms with Crippen LogP contribution in [0.2, 0.25) is 0 Å². The van der Waals surface area contributed by atoms with Gasteiger partial charge in [-0.25, -0.2) is 4.98 Å². The van der Waals surface area contributed by atoms with Crippen LogP contribution in [0.25, 0.3) is 22.2 Å². The molecule has 2 heterocycles. The van der Waals surface area contributed by atoms with E-state index in [4.69, 9.17) is 9.51 Å². The lowest BCUT2D eigenvalue weighted by molar-refractivity contribution is 0.110. The van der Waals surface area contributed by atoms with Crippen molar-refractivity contribution in [3.8, 4) is 11.1 Å². The number of imidazole rings is 1. The highest BCUT2D eigenvalue weighted by atomic mass is 16.5. The van der Waals surface area contributed by atoms with E-state index in [0.717, 1.165) is 66.1 Å². The van der Waals surface area contributed by atoms with E-state index in [2.05, 4.69) is 55.6 Å². The lowest BCUT2D eigenvalue weighted by Gasteiger charge is -2.32. The van der Waals surface area contributed by atoms with Gasteiger partial charge in [0, 0.05) is 17.5 Å². The van der Waals surface area contributed by atoms with Gasteiger partial charge >= 0.3 is 0 Å². The van der Waals surface area contributed by atoms with E-state index in [0.29, 0.717) is 17.9 Å². The fourth-order valence-electron chi connectivity index (χ4n) is 5.75. The van der Waals surface area contributed by atoms with Crippen molar-refractivity contribution in [2.75, 3.05) is 0 Å². The number of aliphatic hydroxyl groups excluding tert-OH is 1. The summed E-state index contributed by atoms with van der Waals surface area (Å²) >= 11 is 0. The summed E-state index contributed by atoms with van der Waals surface area (Å²) in [6.45, 7) is 13.3. The smallest absolute Gasteiger partial charge is 0.141 e. The predicted octanol–water partition coefficient (Wildman–Crippen LogP) is 7.74. The van der Waals surface area contributed by atoms with Crippen molar-refractivity contribution in [3.05, 3.63) is 35.5 Å². The monoisotopic (exact) mass is 465 g/mol. The zero-order chi connectivity index (χ0) is 24.4. The lowest BCUT2D eigenvalue weighted by Crippen LogP contribution is -2.24. The normalized spacial score (nSPS) is 21.6. The van der Waals surface area contributed by atoms with Crippen LogP contribution in [0.15, 0.2) is 22.7 Å². The van der Waals surface area contributed by atoms with Crippen molar-refractivity contribution in [2.24, 2.45) is 11.8 Å². The third-order valence-electron chi connectivity index (χ3n) is 8.40. The maximum Gasteiger partial charge on any atom is 0.141 e. The van der Waals surface area contributed by atoms with Crippen molar-refractivity contribution in [3.63, 3.8) is 0 Å². The first-order valence-electron chi connectivity index (χ1n) is 13.5. The highest BCUT2D eigenvalue weighted by molar-refractivity contribution is 5.84. The summed E-state index contributed by atoms with van der Waals surface area (Å²) < 4.78 is 8.01. The summed E-state index contributed by atoms with van der Waals surface area (Å²) in [5.41, 5.74) is 5.41. The first-order chi connectivity index (χ1) is 16.3. The number of aromatic nitrogens is 3. The molecule has 0 saturated heterocycles. The van der Waals surface area contributed by atoms with Gasteiger partial charge < -0.3 is 14.2 Å². The second kappa shape index (κ2) is 10.6. The number of hydrogen-bond donors (Lipinski definition) is 1. The third-order valence-corrected chi connectivity index (χ3v) is 8.40. The van der Waals surface area contributed by atoms with Crippen molar-refractivity contribution < 1.29 is 9.63 Å². The fourth-order valence-corrected chi connectivity index (χ4v) is 5.75. The fraction of sp³-hybridized carbons (Fsp3) is 0.655. The Bertz CT molecular complexity index is 1070. The molecule has 1 aromatic carbocycles. The van der Waals surface area contributed by atoms with Crippen LogP contribution in [0.3, 0.4) is 0 Å². The molecule has 1 fully saturated rings. The Morgan fingerprint density at radius 1 is 1.06 bits per heavy atom. The molecule has 0 radical (unpaired) electrons. The Kier molecular flexibility index (Phi) is 7.81. The summed E-state index contributed by atoms with van der Waals surface area (Å²) in [5.74, 6) is 3.87. The molecular weight excluding hydrogens is 422 g/mol. The van der Waals surface area contributed by atoms with Gasteiger partial charge in [0.2, 0.25) is 0 Å². The summed E-state index contributed by atoms with van der Waals surface area (Å²) in [6, 6.07) is 7.08. The van der Waals surface area contributed by atoms with E-state index < -0.39 is 0 Å². The number of fused-ring (bicyclic) bond motifs is 1. The van der Waals surface area contributed by atoms with Crippen molar-refractivity contribution in [1.82, 2.24) is 14.7 Å². The maximum atomic E-state index is 10.2. The molecule has 0 spiro atoms. The molecule has 1 aliphatic rings. The molecule has 5 nitrogen and oxygen atoms in total. The summed E-state index contributed by atoms with van der Waals surface area (Å²) in [4.78, 5) is 5.36. The van der Waals surface area contributed by atoms with Gasteiger partial charge in [0.05, 0.1) is 22.8 Å².